The van der Waals surface area contributed by atoms with Gasteiger partial charge in [-0.15, -0.1) is 0 Å². The molecule has 1 aromatic carbocycles. The Morgan fingerprint density at radius 1 is 1.35 bits per heavy atom. The van der Waals surface area contributed by atoms with E-state index in [1.807, 2.05) is 6.07 Å². The van der Waals surface area contributed by atoms with E-state index in [0.717, 1.165) is 18.4 Å². The third-order valence-electron chi connectivity index (χ3n) is 2.94. The highest BCUT2D eigenvalue weighted by Crippen LogP contribution is 2.21. The van der Waals surface area contributed by atoms with Crippen LogP contribution in [-0.2, 0) is 15.0 Å². The molecule has 0 saturated heterocycles. The number of hydrogen-bond acceptors (Lipinski definition) is 3. The molecule has 0 radical (unpaired) electrons. The number of hydrogen-bond donors (Lipinski definition) is 3. The Morgan fingerprint density at radius 3 is 2.65 bits per heavy atom. The van der Waals surface area contributed by atoms with Crippen LogP contribution in [0.2, 0.25) is 0 Å². The Hall–Kier alpha value is -1.44. The summed E-state index contributed by atoms with van der Waals surface area (Å²) in [6.07, 6.45) is 1.79. The maximum absolute atomic E-state index is 11.8. The lowest BCUT2D eigenvalue weighted by Crippen LogP contribution is -2.39. The molecule has 1 aliphatic carbocycles. The van der Waals surface area contributed by atoms with Crippen LogP contribution in [0.4, 0.5) is 5.69 Å². The summed E-state index contributed by atoms with van der Waals surface area (Å²) in [6.45, 7) is 3.19. The summed E-state index contributed by atoms with van der Waals surface area (Å²) < 4.78 is 28.8. The van der Waals surface area contributed by atoms with E-state index in [1.54, 1.807) is 25.1 Å². The third kappa shape index (κ3) is 4.59. The molecule has 0 spiro atoms. The molecular weight excluding hydrogens is 278 g/mol. The lowest BCUT2D eigenvalue weighted by atomic mass is 10.1. The summed E-state index contributed by atoms with van der Waals surface area (Å²) in [5.41, 5.74) is 1.44. The SMILES string of the molecule is CC(=O)Nc1cccc(C(C)NS(=O)(=O)NC2CC2)c1. The van der Waals surface area contributed by atoms with Crippen LogP contribution in [-0.4, -0.2) is 20.4 Å². The fourth-order valence-corrected chi connectivity index (χ4v) is 3.19. The van der Waals surface area contributed by atoms with E-state index in [1.165, 1.54) is 6.92 Å². The maximum atomic E-state index is 11.8. The van der Waals surface area contributed by atoms with Crippen molar-refractivity contribution in [1.82, 2.24) is 9.44 Å². The second kappa shape index (κ2) is 5.90. The number of anilines is 1. The summed E-state index contributed by atoms with van der Waals surface area (Å²) in [7, 11) is -3.49. The number of nitrogens with one attached hydrogen (secondary N) is 3. The van der Waals surface area contributed by atoms with Gasteiger partial charge in [-0.25, -0.2) is 0 Å². The first-order valence-electron chi connectivity index (χ1n) is 6.53. The van der Waals surface area contributed by atoms with E-state index in [0.29, 0.717) is 5.69 Å². The van der Waals surface area contributed by atoms with Crippen LogP contribution in [0.3, 0.4) is 0 Å². The smallest absolute Gasteiger partial charge is 0.277 e. The van der Waals surface area contributed by atoms with E-state index in [-0.39, 0.29) is 18.0 Å². The van der Waals surface area contributed by atoms with Crippen LogP contribution < -0.4 is 14.8 Å². The van der Waals surface area contributed by atoms with Crippen molar-refractivity contribution in [3.63, 3.8) is 0 Å². The minimum atomic E-state index is -3.49. The molecule has 0 bridgehead atoms. The quantitative estimate of drug-likeness (QED) is 0.739. The van der Waals surface area contributed by atoms with Crippen LogP contribution in [0, 0.1) is 0 Å². The second-order valence-electron chi connectivity index (χ2n) is 5.04. The predicted octanol–water partition coefficient (Wildman–Crippen LogP) is 1.29. The average Bonchev–Trinajstić information content (AvgIpc) is 3.10. The first kappa shape index (κ1) is 15.0. The number of carbonyl (C=O) groups excluding carboxylic acids is 1. The number of carbonyl (C=O) groups is 1. The standard InChI is InChI=1S/C13H19N3O3S/c1-9(15-20(18,19)16-12-6-7-12)11-4-3-5-13(8-11)14-10(2)17/h3-5,8-9,12,15-16H,6-7H2,1-2H3,(H,14,17). The molecule has 1 fully saturated rings. The van der Waals surface area contributed by atoms with E-state index in [2.05, 4.69) is 14.8 Å². The summed E-state index contributed by atoms with van der Waals surface area (Å²) in [4.78, 5) is 11.0. The molecule has 2 rings (SSSR count). The topological polar surface area (TPSA) is 87.3 Å². The van der Waals surface area contributed by atoms with Crippen LogP contribution in [0.1, 0.15) is 38.3 Å². The molecule has 1 aromatic rings. The first-order chi connectivity index (χ1) is 9.35. The normalized spacial score (nSPS) is 16.7. The zero-order valence-electron chi connectivity index (χ0n) is 11.5. The Kier molecular flexibility index (Phi) is 4.42. The summed E-state index contributed by atoms with van der Waals surface area (Å²) >= 11 is 0. The first-order valence-corrected chi connectivity index (χ1v) is 8.01. The largest absolute Gasteiger partial charge is 0.326 e. The van der Waals surface area contributed by atoms with Gasteiger partial charge in [-0.2, -0.15) is 17.9 Å². The van der Waals surface area contributed by atoms with E-state index >= 15 is 0 Å². The van der Waals surface area contributed by atoms with E-state index in [9.17, 15) is 13.2 Å². The number of amides is 1. The van der Waals surface area contributed by atoms with Crippen LogP contribution in [0.15, 0.2) is 24.3 Å². The van der Waals surface area contributed by atoms with Gasteiger partial charge < -0.3 is 5.32 Å². The molecule has 0 heterocycles. The van der Waals surface area contributed by atoms with Gasteiger partial charge in [0.25, 0.3) is 10.2 Å². The molecule has 110 valence electrons. The van der Waals surface area contributed by atoms with Gasteiger partial charge in [0.2, 0.25) is 5.91 Å². The Labute approximate surface area is 119 Å². The van der Waals surface area contributed by atoms with E-state index in [4.69, 9.17) is 0 Å². The molecule has 20 heavy (non-hydrogen) atoms. The number of benzene rings is 1. The molecule has 1 saturated carbocycles. The molecule has 6 nitrogen and oxygen atoms in total. The van der Waals surface area contributed by atoms with Gasteiger partial charge >= 0.3 is 0 Å². The van der Waals surface area contributed by atoms with Gasteiger partial charge in [0.1, 0.15) is 0 Å². The van der Waals surface area contributed by atoms with Gasteiger partial charge in [0, 0.05) is 24.7 Å². The highest BCUT2D eigenvalue weighted by molar-refractivity contribution is 7.87. The molecule has 0 aromatic heterocycles. The van der Waals surface area contributed by atoms with Crippen molar-refractivity contribution in [2.45, 2.75) is 38.8 Å². The van der Waals surface area contributed by atoms with Gasteiger partial charge in [0.15, 0.2) is 0 Å². The van der Waals surface area contributed by atoms with Gasteiger partial charge in [-0.1, -0.05) is 12.1 Å². The zero-order valence-corrected chi connectivity index (χ0v) is 12.3. The second-order valence-corrected chi connectivity index (χ2v) is 6.52. The monoisotopic (exact) mass is 297 g/mol. The van der Waals surface area contributed by atoms with Crippen molar-refractivity contribution in [1.29, 1.82) is 0 Å². The predicted molar refractivity (Wildman–Crippen MR) is 77.4 cm³/mol. The van der Waals surface area contributed by atoms with Gasteiger partial charge in [-0.05, 0) is 37.5 Å². The lowest BCUT2D eigenvalue weighted by Gasteiger charge is -2.16. The third-order valence-corrected chi connectivity index (χ3v) is 4.25. The molecule has 0 aliphatic heterocycles. The fraction of sp³-hybridized carbons (Fsp3) is 0.462. The van der Waals surface area contributed by atoms with Crippen molar-refractivity contribution < 1.29 is 13.2 Å². The van der Waals surface area contributed by atoms with Gasteiger partial charge in [0.05, 0.1) is 0 Å². The fourth-order valence-electron chi connectivity index (χ4n) is 1.84. The highest BCUT2D eigenvalue weighted by atomic mass is 32.2. The maximum Gasteiger partial charge on any atom is 0.277 e. The Balaban J connectivity index is 2.04. The molecule has 1 amide bonds. The average molecular weight is 297 g/mol. The molecule has 3 N–H and O–H groups in total. The van der Waals surface area contributed by atoms with Crippen LogP contribution >= 0.6 is 0 Å². The zero-order chi connectivity index (χ0) is 14.8. The summed E-state index contributed by atoms with van der Waals surface area (Å²) in [5, 5.41) is 2.67. The Bertz CT molecular complexity index is 597. The molecule has 7 heteroatoms. The lowest BCUT2D eigenvalue weighted by molar-refractivity contribution is -0.114. The molecular formula is C13H19N3O3S. The molecule has 1 unspecified atom stereocenters. The minimum Gasteiger partial charge on any atom is -0.326 e. The van der Waals surface area contributed by atoms with Crippen molar-refractivity contribution in [2.24, 2.45) is 0 Å². The van der Waals surface area contributed by atoms with Gasteiger partial charge in [-0.3, -0.25) is 4.79 Å². The highest BCUT2D eigenvalue weighted by Gasteiger charge is 2.27. The summed E-state index contributed by atoms with van der Waals surface area (Å²) in [5.74, 6) is -0.161. The van der Waals surface area contributed by atoms with Crippen molar-refractivity contribution >= 4 is 21.8 Å². The molecule has 1 aliphatic rings. The number of rotatable bonds is 6. The van der Waals surface area contributed by atoms with E-state index < -0.39 is 10.2 Å². The van der Waals surface area contributed by atoms with Crippen molar-refractivity contribution in [3.05, 3.63) is 29.8 Å². The van der Waals surface area contributed by atoms with Crippen molar-refractivity contribution in [2.75, 3.05) is 5.32 Å². The minimum absolute atomic E-state index is 0.0745. The summed E-state index contributed by atoms with van der Waals surface area (Å²) in [6, 6.07) is 6.81. The van der Waals surface area contributed by atoms with Crippen molar-refractivity contribution in [3.8, 4) is 0 Å². The van der Waals surface area contributed by atoms with Crippen LogP contribution in [0.25, 0.3) is 0 Å². The van der Waals surface area contributed by atoms with Crippen LogP contribution in [0.5, 0.6) is 0 Å². The molecule has 1 atom stereocenters. The Morgan fingerprint density at radius 2 is 2.05 bits per heavy atom.